The van der Waals surface area contributed by atoms with Gasteiger partial charge in [-0.2, -0.15) is 0 Å². The first-order valence-corrected chi connectivity index (χ1v) is 7.92. The topological polar surface area (TPSA) is 59.6 Å². The maximum Gasteiger partial charge on any atom is 0.193 e. The van der Waals surface area contributed by atoms with Crippen molar-refractivity contribution in [3.8, 4) is 5.75 Å². The normalized spacial score (nSPS) is 11.5. The molecule has 0 saturated heterocycles. The van der Waals surface area contributed by atoms with E-state index in [1.165, 1.54) is 10.8 Å². The first kappa shape index (κ1) is 16.1. The zero-order valence-corrected chi connectivity index (χ0v) is 14.0. The second kappa shape index (κ2) is 7.23. The summed E-state index contributed by atoms with van der Waals surface area (Å²) in [5, 5.41) is 5.94. The molecular formula is C19H18ClN3O. The molecule has 24 heavy (non-hydrogen) atoms. The maximum atomic E-state index is 6.11. The summed E-state index contributed by atoms with van der Waals surface area (Å²) in [7, 11) is 1.58. The Balaban J connectivity index is 1.75. The van der Waals surface area contributed by atoms with Crippen molar-refractivity contribution >= 4 is 34.0 Å². The molecule has 4 nitrogen and oxygen atoms in total. The fraction of sp³-hybridized carbons (Fsp3) is 0.105. The number of hydrogen-bond acceptors (Lipinski definition) is 2. The van der Waals surface area contributed by atoms with E-state index in [4.69, 9.17) is 22.1 Å². The average Bonchev–Trinajstić information content (AvgIpc) is 2.60. The first-order chi connectivity index (χ1) is 11.7. The fourth-order valence-corrected chi connectivity index (χ4v) is 2.79. The lowest BCUT2D eigenvalue weighted by atomic mass is 10.1. The van der Waals surface area contributed by atoms with Gasteiger partial charge in [-0.1, -0.05) is 54.1 Å². The third-order valence-electron chi connectivity index (χ3n) is 3.72. The van der Waals surface area contributed by atoms with Crippen LogP contribution in [0.1, 0.15) is 5.56 Å². The highest BCUT2D eigenvalue weighted by molar-refractivity contribution is 6.32. The summed E-state index contributed by atoms with van der Waals surface area (Å²) in [5.41, 5.74) is 7.88. The first-order valence-electron chi connectivity index (χ1n) is 7.54. The van der Waals surface area contributed by atoms with E-state index in [0.29, 0.717) is 23.3 Å². The number of ether oxygens (including phenoxy) is 1. The van der Waals surface area contributed by atoms with Gasteiger partial charge in [0.25, 0.3) is 0 Å². The number of benzene rings is 3. The van der Waals surface area contributed by atoms with E-state index >= 15 is 0 Å². The molecule has 0 atom stereocenters. The number of anilines is 1. The predicted octanol–water partition coefficient (Wildman–Crippen LogP) is 4.43. The highest BCUT2D eigenvalue weighted by Gasteiger charge is 2.03. The second-order valence-corrected chi connectivity index (χ2v) is 5.72. The second-order valence-electron chi connectivity index (χ2n) is 5.31. The van der Waals surface area contributed by atoms with Crippen LogP contribution in [0.15, 0.2) is 65.7 Å². The SMILES string of the molecule is COc1ccc(NC(N)=NCc2cccc3ccccc23)cc1Cl. The summed E-state index contributed by atoms with van der Waals surface area (Å²) in [6.07, 6.45) is 0. The Morgan fingerprint density at radius 2 is 1.92 bits per heavy atom. The number of nitrogens with two attached hydrogens (primary N) is 1. The molecular weight excluding hydrogens is 322 g/mol. The molecule has 0 aliphatic heterocycles. The van der Waals surface area contributed by atoms with Gasteiger partial charge >= 0.3 is 0 Å². The molecule has 0 bridgehead atoms. The van der Waals surface area contributed by atoms with Gasteiger partial charge in [-0.3, -0.25) is 0 Å². The maximum absolute atomic E-state index is 6.11. The van der Waals surface area contributed by atoms with Gasteiger partial charge in [0, 0.05) is 5.69 Å². The van der Waals surface area contributed by atoms with Crippen molar-refractivity contribution in [3.63, 3.8) is 0 Å². The van der Waals surface area contributed by atoms with Gasteiger partial charge in [-0.05, 0) is 34.5 Å². The predicted molar refractivity (Wildman–Crippen MR) is 101 cm³/mol. The van der Waals surface area contributed by atoms with Crippen LogP contribution in [0, 0.1) is 0 Å². The quantitative estimate of drug-likeness (QED) is 0.546. The van der Waals surface area contributed by atoms with Crippen LogP contribution in [-0.2, 0) is 6.54 Å². The van der Waals surface area contributed by atoms with Gasteiger partial charge in [0.1, 0.15) is 5.75 Å². The monoisotopic (exact) mass is 339 g/mol. The van der Waals surface area contributed by atoms with E-state index in [-0.39, 0.29) is 0 Å². The minimum Gasteiger partial charge on any atom is -0.495 e. The lowest BCUT2D eigenvalue weighted by molar-refractivity contribution is 0.415. The Morgan fingerprint density at radius 1 is 1.12 bits per heavy atom. The fourth-order valence-electron chi connectivity index (χ4n) is 2.53. The third-order valence-corrected chi connectivity index (χ3v) is 4.02. The lowest BCUT2D eigenvalue weighted by Crippen LogP contribution is -2.22. The van der Waals surface area contributed by atoms with Gasteiger partial charge in [0.05, 0.1) is 18.7 Å². The number of nitrogens with zero attached hydrogens (tertiary/aromatic N) is 1. The van der Waals surface area contributed by atoms with E-state index in [1.54, 1.807) is 19.2 Å². The van der Waals surface area contributed by atoms with E-state index in [0.717, 1.165) is 11.3 Å². The van der Waals surface area contributed by atoms with Crippen molar-refractivity contribution < 1.29 is 4.74 Å². The highest BCUT2D eigenvalue weighted by atomic mass is 35.5. The molecule has 0 radical (unpaired) electrons. The third kappa shape index (κ3) is 3.60. The number of guanidine groups is 1. The Kier molecular flexibility index (Phi) is 4.87. The van der Waals surface area contributed by atoms with Gasteiger partial charge in [0.2, 0.25) is 0 Å². The highest BCUT2D eigenvalue weighted by Crippen LogP contribution is 2.27. The van der Waals surface area contributed by atoms with Crippen LogP contribution in [0.4, 0.5) is 5.69 Å². The largest absolute Gasteiger partial charge is 0.495 e. The number of halogens is 1. The number of nitrogens with one attached hydrogen (secondary N) is 1. The molecule has 0 saturated carbocycles. The molecule has 0 fully saturated rings. The van der Waals surface area contributed by atoms with Crippen molar-refractivity contribution in [2.75, 3.05) is 12.4 Å². The minimum absolute atomic E-state index is 0.337. The van der Waals surface area contributed by atoms with E-state index in [2.05, 4.69) is 34.6 Å². The van der Waals surface area contributed by atoms with E-state index in [1.807, 2.05) is 24.3 Å². The van der Waals surface area contributed by atoms with E-state index in [9.17, 15) is 0 Å². The number of hydrogen-bond donors (Lipinski definition) is 2. The molecule has 122 valence electrons. The van der Waals surface area contributed by atoms with Gasteiger partial charge in [-0.15, -0.1) is 0 Å². The number of fused-ring (bicyclic) bond motifs is 1. The molecule has 3 aromatic carbocycles. The van der Waals surface area contributed by atoms with Crippen molar-refractivity contribution in [1.29, 1.82) is 0 Å². The average molecular weight is 340 g/mol. The summed E-state index contributed by atoms with van der Waals surface area (Å²) in [6, 6.07) is 19.8. The summed E-state index contributed by atoms with van der Waals surface area (Å²) < 4.78 is 5.13. The van der Waals surface area contributed by atoms with Crippen molar-refractivity contribution in [3.05, 3.63) is 71.2 Å². The van der Waals surface area contributed by atoms with E-state index < -0.39 is 0 Å². The number of aliphatic imine (C=N–C) groups is 1. The Morgan fingerprint density at radius 3 is 2.71 bits per heavy atom. The molecule has 0 aromatic heterocycles. The Labute approximate surface area is 145 Å². The Bertz CT molecular complexity index is 887. The molecule has 0 unspecified atom stereocenters. The smallest absolute Gasteiger partial charge is 0.193 e. The summed E-state index contributed by atoms with van der Waals surface area (Å²) in [4.78, 5) is 4.42. The standard InChI is InChI=1S/C19H18ClN3O/c1-24-18-10-9-15(11-17(18)20)23-19(21)22-12-14-7-4-6-13-5-2-3-8-16(13)14/h2-11H,12H2,1H3,(H3,21,22,23). The molecule has 3 aromatic rings. The molecule has 0 aliphatic rings. The van der Waals surface area contributed by atoms with Gasteiger partial charge < -0.3 is 15.8 Å². The number of methoxy groups -OCH3 is 1. The summed E-state index contributed by atoms with van der Waals surface area (Å²) in [5.74, 6) is 0.956. The molecule has 5 heteroatoms. The molecule has 0 aliphatic carbocycles. The molecule has 0 amide bonds. The van der Waals surface area contributed by atoms with Gasteiger partial charge in [-0.25, -0.2) is 4.99 Å². The molecule has 0 spiro atoms. The van der Waals surface area contributed by atoms with Crippen molar-refractivity contribution in [2.24, 2.45) is 10.7 Å². The summed E-state index contributed by atoms with van der Waals surface area (Å²) in [6.45, 7) is 0.504. The molecule has 0 heterocycles. The van der Waals surface area contributed by atoms with Gasteiger partial charge in [0.15, 0.2) is 5.96 Å². The van der Waals surface area contributed by atoms with Crippen molar-refractivity contribution in [1.82, 2.24) is 0 Å². The minimum atomic E-state index is 0.337. The molecule has 3 rings (SSSR count). The van der Waals surface area contributed by atoms with Crippen LogP contribution >= 0.6 is 11.6 Å². The zero-order chi connectivity index (χ0) is 16.9. The van der Waals surface area contributed by atoms with Crippen LogP contribution < -0.4 is 15.8 Å². The van der Waals surface area contributed by atoms with Crippen LogP contribution in [0.2, 0.25) is 5.02 Å². The summed E-state index contributed by atoms with van der Waals surface area (Å²) >= 11 is 6.11. The van der Waals surface area contributed by atoms with Crippen molar-refractivity contribution in [2.45, 2.75) is 6.54 Å². The Hall–Kier alpha value is -2.72. The van der Waals surface area contributed by atoms with Crippen LogP contribution in [0.5, 0.6) is 5.75 Å². The van der Waals surface area contributed by atoms with Crippen LogP contribution in [0.25, 0.3) is 10.8 Å². The molecule has 3 N–H and O–H groups in total. The van der Waals surface area contributed by atoms with Crippen LogP contribution in [0.3, 0.4) is 0 Å². The van der Waals surface area contributed by atoms with Crippen LogP contribution in [-0.4, -0.2) is 13.1 Å². The number of rotatable bonds is 4. The zero-order valence-electron chi connectivity index (χ0n) is 13.3. The lowest BCUT2D eigenvalue weighted by Gasteiger charge is -2.09.